The number of rotatable bonds is 8. The molecule has 0 atom stereocenters. The van der Waals surface area contributed by atoms with Gasteiger partial charge in [0.1, 0.15) is 11.3 Å². The predicted molar refractivity (Wildman–Crippen MR) is 126 cm³/mol. The van der Waals surface area contributed by atoms with Gasteiger partial charge in [0.2, 0.25) is 0 Å². The van der Waals surface area contributed by atoms with Gasteiger partial charge < -0.3 is 9.73 Å². The average Bonchev–Trinajstić information content (AvgIpc) is 2.80. The van der Waals surface area contributed by atoms with Gasteiger partial charge in [0.25, 0.3) is 0 Å². The Kier molecular flexibility index (Phi) is 6.29. The summed E-state index contributed by atoms with van der Waals surface area (Å²) in [5, 5.41) is 4.02. The summed E-state index contributed by atoms with van der Waals surface area (Å²) in [5.41, 5.74) is 4.75. The van der Waals surface area contributed by atoms with E-state index in [1.807, 2.05) is 48.5 Å². The normalized spacial score (nSPS) is 11.0. The van der Waals surface area contributed by atoms with Crippen LogP contribution in [0.3, 0.4) is 0 Å². The van der Waals surface area contributed by atoms with Crippen LogP contribution in [0, 0.1) is 0 Å². The molecular weight excluding hydrogens is 370 g/mol. The molecule has 30 heavy (non-hydrogen) atoms. The molecule has 0 aliphatic rings. The van der Waals surface area contributed by atoms with Crippen molar-refractivity contribution in [3.05, 3.63) is 89.1 Å². The molecule has 3 heteroatoms. The van der Waals surface area contributed by atoms with Crippen LogP contribution in [0.15, 0.2) is 88.1 Å². The minimum absolute atomic E-state index is 0.0204. The molecule has 3 aromatic carbocycles. The Morgan fingerprint density at radius 3 is 2.27 bits per heavy atom. The van der Waals surface area contributed by atoms with Crippen molar-refractivity contribution < 1.29 is 4.42 Å². The lowest BCUT2D eigenvalue weighted by Crippen LogP contribution is -2.04. The molecule has 0 spiro atoms. The van der Waals surface area contributed by atoms with Crippen molar-refractivity contribution in [1.82, 2.24) is 0 Å². The minimum Gasteiger partial charge on any atom is -0.456 e. The van der Waals surface area contributed by atoms with Crippen LogP contribution in [-0.2, 0) is 0 Å². The van der Waals surface area contributed by atoms with Gasteiger partial charge in [0.15, 0.2) is 5.43 Å². The third kappa shape index (κ3) is 4.62. The number of nitrogens with one attached hydrogen (secondary N) is 1. The molecule has 0 unspecified atom stereocenters. The van der Waals surface area contributed by atoms with E-state index in [0.717, 1.165) is 29.8 Å². The highest BCUT2D eigenvalue weighted by molar-refractivity contribution is 5.82. The van der Waals surface area contributed by atoms with Gasteiger partial charge >= 0.3 is 0 Å². The first-order chi connectivity index (χ1) is 14.7. The molecule has 0 saturated carbocycles. The van der Waals surface area contributed by atoms with Crippen molar-refractivity contribution in [3.8, 4) is 22.5 Å². The van der Waals surface area contributed by atoms with Crippen molar-refractivity contribution in [2.75, 3.05) is 11.9 Å². The number of hydrogen-bond acceptors (Lipinski definition) is 3. The van der Waals surface area contributed by atoms with Crippen molar-refractivity contribution in [3.63, 3.8) is 0 Å². The third-order valence-corrected chi connectivity index (χ3v) is 5.36. The van der Waals surface area contributed by atoms with E-state index in [1.54, 1.807) is 6.07 Å². The van der Waals surface area contributed by atoms with Crippen LogP contribution in [0.4, 0.5) is 5.69 Å². The second-order valence-electron chi connectivity index (χ2n) is 7.62. The van der Waals surface area contributed by atoms with Gasteiger partial charge in [-0.25, -0.2) is 0 Å². The fourth-order valence-corrected chi connectivity index (χ4v) is 3.65. The zero-order valence-corrected chi connectivity index (χ0v) is 17.4. The lowest BCUT2D eigenvalue weighted by molar-refractivity contribution is 0.619. The summed E-state index contributed by atoms with van der Waals surface area (Å²) >= 11 is 0. The minimum atomic E-state index is -0.0204. The summed E-state index contributed by atoms with van der Waals surface area (Å²) in [6.45, 7) is 3.13. The van der Waals surface area contributed by atoms with Crippen LogP contribution in [-0.4, -0.2) is 6.54 Å². The molecule has 0 fully saturated rings. The molecular formula is C27H27NO2. The van der Waals surface area contributed by atoms with E-state index in [2.05, 4.69) is 36.5 Å². The number of unbranched alkanes of at least 4 members (excludes halogenated alkanes) is 3. The molecule has 0 amide bonds. The van der Waals surface area contributed by atoms with Crippen LogP contribution < -0.4 is 10.7 Å². The van der Waals surface area contributed by atoms with Crippen molar-refractivity contribution >= 4 is 16.7 Å². The first kappa shape index (κ1) is 20.0. The van der Waals surface area contributed by atoms with Gasteiger partial charge in [-0.1, -0.05) is 80.8 Å². The Balaban J connectivity index is 1.54. The van der Waals surface area contributed by atoms with E-state index in [1.165, 1.54) is 24.8 Å². The Bertz CT molecular complexity index is 1160. The van der Waals surface area contributed by atoms with E-state index in [-0.39, 0.29) is 5.43 Å². The average molecular weight is 398 g/mol. The molecule has 3 nitrogen and oxygen atoms in total. The molecule has 0 saturated heterocycles. The second-order valence-corrected chi connectivity index (χ2v) is 7.62. The molecule has 4 aromatic rings. The zero-order chi connectivity index (χ0) is 20.8. The summed E-state index contributed by atoms with van der Waals surface area (Å²) in [4.78, 5) is 12.7. The lowest BCUT2D eigenvalue weighted by Gasteiger charge is -2.08. The number of benzene rings is 3. The van der Waals surface area contributed by atoms with E-state index >= 15 is 0 Å². The van der Waals surface area contributed by atoms with Crippen LogP contribution in [0.2, 0.25) is 0 Å². The number of hydrogen-bond donors (Lipinski definition) is 1. The van der Waals surface area contributed by atoms with Gasteiger partial charge in [-0.05, 0) is 35.7 Å². The van der Waals surface area contributed by atoms with Gasteiger partial charge in [-0.3, -0.25) is 4.79 Å². The molecule has 1 N–H and O–H groups in total. The summed E-state index contributed by atoms with van der Waals surface area (Å²) in [7, 11) is 0. The summed E-state index contributed by atoms with van der Waals surface area (Å²) in [5.74, 6) is 0.590. The van der Waals surface area contributed by atoms with Crippen LogP contribution in [0.5, 0.6) is 0 Å². The Hall–Kier alpha value is -3.33. The highest BCUT2D eigenvalue weighted by Crippen LogP contribution is 2.27. The maximum atomic E-state index is 12.7. The van der Waals surface area contributed by atoms with E-state index < -0.39 is 0 Å². The fourth-order valence-electron chi connectivity index (χ4n) is 3.65. The van der Waals surface area contributed by atoms with Gasteiger partial charge in [-0.2, -0.15) is 0 Å². The van der Waals surface area contributed by atoms with Crippen LogP contribution in [0.25, 0.3) is 33.4 Å². The highest BCUT2D eigenvalue weighted by Gasteiger charge is 2.08. The SMILES string of the molecule is CCCCCCNc1ccc2oc(-c3ccc(-c4ccccc4)cc3)cc(=O)c2c1. The summed E-state index contributed by atoms with van der Waals surface area (Å²) < 4.78 is 6.06. The molecule has 0 radical (unpaired) electrons. The maximum Gasteiger partial charge on any atom is 0.193 e. The zero-order valence-electron chi connectivity index (χ0n) is 17.4. The number of anilines is 1. The van der Waals surface area contributed by atoms with Crippen molar-refractivity contribution in [2.45, 2.75) is 32.6 Å². The van der Waals surface area contributed by atoms with E-state index in [0.29, 0.717) is 16.7 Å². The molecule has 4 rings (SSSR count). The molecule has 0 aliphatic carbocycles. The Morgan fingerprint density at radius 2 is 1.50 bits per heavy atom. The standard InChI is InChI=1S/C27H27NO2/c1-2-3-4-8-17-28-23-15-16-26-24(18-23)25(29)19-27(30-26)22-13-11-21(12-14-22)20-9-6-5-7-10-20/h5-7,9-16,18-19,28H,2-4,8,17H2,1H3. The largest absolute Gasteiger partial charge is 0.456 e. The first-order valence-corrected chi connectivity index (χ1v) is 10.7. The first-order valence-electron chi connectivity index (χ1n) is 10.7. The van der Waals surface area contributed by atoms with Gasteiger partial charge in [0, 0.05) is 23.9 Å². The molecule has 1 aromatic heterocycles. The molecule has 0 bridgehead atoms. The lowest BCUT2D eigenvalue weighted by atomic mass is 10.0. The van der Waals surface area contributed by atoms with Crippen LogP contribution in [0.1, 0.15) is 32.6 Å². The fraction of sp³-hybridized carbons (Fsp3) is 0.222. The summed E-state index contributed by atoms with van der Waals surface area (Å²) in [6, 6.07) is 25.7. The summed E-state index contributed by atoms with van der Waals surface area (Å²) in [6.07, 6.45) is 4.86. The van der Waals surface area contributed by atoms with Crippen LogP contribution >= 0.6 is 0 Å². The third-order valence-electron chi connectivity index (χ3n) is 5.36. The van der Waals surface area contributed by atoms with E-state index in [9.17, 15) is 4.79 Å². The quantitative estimate of drug-likeness (QED) is 0.322. The van der Waals surface area contributed by atoms with E-state index in [4.69, 9.17) is 4.42 Å². The molecule has 0 aliphatic heterocycles. The second kappa shape index (κ2) is 9.45. The topological polar surface area (TPSA) is 42.2 Å². The predicted octanol–water partition coefficient (Wildman–Crippen LogP) is 7.12. The smallest absolute Gasteiger partial charge is 0.193 e. The maximum absolute atomic E-state index is 12.7. The Morgan fingerprint density at radius 1 is 0.767 bits per heavy atom. The Labute approximate surface area is 177 Å². The van der Waals surface area contributed by atoms with Gasteiger partial charge in [-0.15, -0.1) is 0 Å². The number of fused-ring (bicyclic) bond motifs is 1. The monoisotopic (exact) mass is 397 g/mol. The highest BCUT2D eigenvalue weighted by atomic mass is 16.3. The van der Waals surface area contributed by atoms with Crippen molar-refractivity contribution in [1.29, 1.82) is 0 Å². The molecule has 152 valence electrons. The molecule has 1 heterocycles. The van der Waals surface area contributed by atoms with Crippen molar-refractivity contribution in [2.24, 2.45) is 0 Å². The van der Waals surface area contributed by atoms with Gasteiger partial charge in [0.05, 0.1) is 5.39 Å².